The van der Waals surface area contributed by atoms with Crippen LogP contribution in [0.3, 0.4) is 0 Å². The van der Waals surface area contributed by atoms with E-state index in [1.807, 2.05) is 0 Å². The Bertz CT molecular complexity index is 647. The van der Waals surface area contributed by atoms with Gasteiger partial charge in [0.25, 0.3) is 0 Å². The van der Waals surface area contributed by atoms with Crippen molar-refractivity contribution in [3.63, 3.8) is 0 Å². The van der Waals surface area contributed by atoms with Gasteiger partial charge in [-0.15, -0.1) is 0 Å². The summed E-state index contributed by atoms with van der Waals surface area (Å²) < 4.78 is 6.88. The fourth-order valence-corrected chi connectivity index (χ4v) is 3.60. The molecule has 1 atom stereocenters. The number of rotatable bonds is 3. The normalized spacial score (nSPS) is 17.1. The number of ether oxygens (including phenoxy) is 1. The maximum atomic E-state index is 5.76. The Morgan fingerprint density at radius 1 is 1.14 bits per heavy atom. The highest BCUT2D eigenvalue weighted by Gasteiger charge is 2.32. The first kappa shape index (κ1) is 15.1. The molecule has 0 N–H and O–H groups in total. The fraction of sp³-hybridized carbons (Fsp3) is 0.333. The van der Waals surface area contributed by atoms with Crippen molar-refractivity contribution in [3.8, 4) is 5.75 Å². The Balaban J connectivity index is 1.82. The van der Waals surface area contributed by atoms with Gasteiger partial charge < -0.3 is 4.74 Å². The van der Waals surface area contributed by atoms with E-state index in [0.29, 0.717) is 4.83 Å². The zero-order valence-electron chi connectivity index (χ0n) is 12.2. The highest BCUT2D eigenvalue weighted by molar-refractivity contribution is 9.10. The third-order valence-corrected chi connectivity index (χ3v) is 5.39. The fourth-order valence-electron chi connectivity index (χ4n) is 2.68. The van der Waals surface area contributed by atoms with Crippen molar-refractivity contribution in [1.29, 1.82) is 0 Å². The van der Waals surface area contributed by atoms with E-state index < -0.39 is 0 Å². The molecule has 1 nitrogen and oxygen atoms in total. The first-order valence-corrected chi connectivity index (χ1v) is 8.82. The van der Waals surface area contributed by atoms with Gasteiger partial charge in [0, 0.05) is 20.3 Å². The minimum Gasteiger partial charge on any atom is -0.492 e. The lowest BCUT2D eigenvalue weighted by Gasteiger charge is -2.17. The van der Waals surface area contributed by atoms with E-state index in [9.17, 15) is 0 Å². The molecule has 0 aliphatic carbocycles. The maximum Gasteiger partial charge on any atom is 0.123 e. The molecule has 1 heterocycles. The number of fused-ring (bicyclic) bond motifs is 1. The molecule has 2 aromatic carbocycles. The van der Waals surface area contributed by atoms with Crippen molar-refractivity contribution in [2.75, 3.05) is 6.61 Å². The number of hydrogen-bond donors (Lipinski definition) is 0. The van der Waals surface area contributed by atoms with E-state index in [2.05, 4.69) is 88.2 Å². The molecule has 3 heteroatoms. The number of halogens is 2. The average Bonchev–Trinajstić information content (AvgIpc) is 2.77. The van der Waals surface area contributed by atoms with E-state index in [-0.39, 0.29) is 5.41 Å². The average molecular weight is 410 g/mol. The summed E-state index contributed by atoms with van der Waals surface area (Å²) in [6.45, 7) is 5.24. The van der Waals surface area contributed by atoms with E-state index in [4.69, 9.17) is 4.74 Å². The summed E-state index contributed by atoms with van der Waals surface area (Å²) >= 11 is 7.31. The zero-order valence-corrected chi connectivity index (χ0v) is 15.4. The summed E-state index contributed by atoms with van der Waals surface area (Å²) in [5, 5.41) is 0. The molecule has 21 heavy (non-hydrogen) atoms. The monoisotopic (exact) mass is 408 g/mol. The Morgan fingerprint density at radius 3 is 2.57 bits per heavy atom. The van der Waals surface area contributed by atoms with E-state index in [1.54, 1.807) is 0 Å². The standard InChI is InChI=1S/C18H18Br2O/c1-18(2)11-21-17-8-5-13(10-15(17)18)16(20)9-12-3-6-14(19)7-4-12/h3-8,10,16H,9,11H2,1-2H3. The smallest absolute Gasteiger partial charge is 0.123 e. The number of hydrogen-bond acceptors (Lipinski definition) is 1. The van der Waals surface area contributed by atoms with Gasteiger partial charge in [0.2, 0.25) is 0 Å². The molecule has 0 saturated heterocycles. The van der Waals surface area contributed by atoms with Crippen LogP contribution in [0.2, 0.25) is 0 Å². The maximum absolute atomic E-state index is 5.76. The highest BCUT2D eigenvalue weighted by Crippen LogP contribution is 2.41. The second kappa shape index (κ2) is 5.77. The lowest BCUT2D eigenvalue weighted by molar-refractivity contribution is 0.291. The van der Waals surface area contributed by atoms with Gasteiger partial charge in [-0.05, 0) is 35.7 Å². The van der Waals surface area contributed by atoms with Crippen LogP contribution in [0.1, 0.15) is 35.4 Å². The van der Waals surface area contributed by atoms with Crippen LogP contribution in [0.5, 0.6) is 5.75 Å². The molecule has 0 bridgehead atoms. The second-order valence-corrected chi connectivity index (χ2v) is 8.25. The van der Waals surface area contributed by atoms with Gasteiger partial charge in [0.05, 0.1) is 6.61 Å². The molecule has 0 spiro atoms. The van der Waals surface area contributed by atoms with Crippen LogP contribution in [0.4, 0.5) is 0 Å². The third-order valence-electron chi connectivity index (χ3n) is 4.01. The minimum atomic E-state index is 0.107. The van der Waals surface area contributed by atoms with E-state index >= 15 is 0 Å². The highest BCUT2D eigenvalue weighted by atomic mass is 79.9. The molecular weight excluding hydrogens is 392 g/mol. The lowest BCUT2D eigenvalue weighted by atomic mass is 9.85. The van der Waals surface area contributed by atoms with Gasteiger partial charge in [-0.3, -0.25) is 0 Å². The molecule has 0 saturated carbocycles. The van der Waals surface area contributed by atoms with Gasteiger partial charge >= 0.3 is 0 Å². The topological polar surface area (TPSA) is 9.23 Å². The first-order valence-electron chi connectivity index (χ1n) is 7.11. The Morgan fingerprint density at radius 2 is 1.86 bits per heavy atom. The summed E-state index contributed by atoms with van der Waals surface area (Å²) in [6, 6.07) is 15.1. The van der Waals surface area contributed by atoms with Crippen LogP contribution in [-0.2, 0) is 11.8 Å². The molecule has 0 radical (unpaired) electrons. The quantitative estimate of drug-likeness (QED) is 0.582. The summed E-state index contributed by atoms with van der Waals surface area (Å²) in [7, 11) is 0. The molecule has 1 unspecified atom stereocenters. The van der Waals surface area contributed by atoms with Crippen LogP contribution in [0.25, 0.3) is 0 Å². The number of alkyl halides is 1. The van der Waals surface area contributed by atoms with Gasteiger partial charge in [-0.1, -0.05) is 70.0 Å². The second-order valence-electron chi connectivity index (χ2n) is 6.23. The van der Waals surface area contributed by atoms with Gasteiger partial charge in [-0.2, -0.15) is 0 Å². The van der Waals surface area contributed by atoms with Crippen molar-refractivity contribution in [3.05, 3.63) is 63.6 Å². The molecule has 110 valence electrons. The SMILES string of the molecule is CC1(C)COc2ccc(C(Br)Cc3ccc(Br)cc3)cc21. The molecule has 0 amide bonds. The van der Waals surface area contributed by atoms with E-state index in [1.165, 1.54) is 16.7 Å². The van der Waals surface area contributed by atoms with Crippen molar-refractivity contribution < 1.29 is 4.74 Å². The zero-order chi connectivity index (χ0) is 15.0. The van der Waals surface area contributed by atoms with Crippen molar-refractivity contribution in [2.45, 2.75) is 30.5 Å². The predicted octanol–water partition coefficient (Wildman–Crippen LogP) is 5.80. The van der Waals surface area contributed by atoms with E-state index in [0.717, 1.165) is 23.2 Å². The van der Waals surface area contributed by atoms with Gasteiger partial charge in [0.15, 0.2) is 0 Å². The van der Waals surface area contributed by atoms with Crippen LogP contribution < -0.4 is 4.74 Å². The van der Waals surface area contributed by atoms with Crippen LogP contribution in [0, 0.1) is 0 Å². The predicted molar refractivity (Wildman–Crippen MR) is 94.5 cm³/mol. The van der Waals surface area contributed by atoms with Crippen molar-refractivity contribution >= 4 is 31.9 Å². The minimum absolute atomic E-state index is 0.107. The molecular formula is C18H18Br2O. The van der Waals surface area contributed by atoms with Gasteiger partial charge in [-0.25, -0.2) is 0 Å². The summed E-state index contributed by atoms with van der Waals surface area (Å²) in [5.74, 6) is 1.03. The summed E-state index contributed by atoms with van der Waals surface area (Å²) in [6.07, 6.45) is 0.980. The largest absolute Gasteiger partial charge is 0.492 e. The Hall–Kier alpha value is -0.800. The molecule has 1 aliphatic heterocycles. The third kappa shape index (κ3) is 3.19. The van der Waals surface area contributed by atoms with Crippen LogP contribution in [0.15, 0.2) is 46.9 Å². The molecule has 1 aliphatic rings. The number of benzene rings is 2. The summed E-state index contributed by atoms with van der Waals surface area (Å²) in [5.41, 5.74) is 4.07. The van der Waals surface area contributed by atoms with Crippen molar-refractivity contribution in [2.24, 2.45) is 0 Å². The molecule has 3 rings (SSSR count). The molecule has 0 fully saturated rings. The lowest BCUT2D eigenvalue weighted by Crippen LogP contribution is -2.18. The molecule has 2 aromatic rings. The molecule has 0 aromatic heterocycles. The van der Waals surface area contributed by atoms with Crippen LogP contribution >= 0.6 is 31.9 Å². The Kier molecular flexibility index (Phi) is 4.15. The summed E-state index contributed by atoms with van der Waals surface area (Å²) in [4.78, 5) is 0.320. The van der Waals surface area contributed by atoms with Gasteiger partial charge in [0.1, 0.15) is 5.75 Å². The first-order chi connectivity index (χ1) is 9.95. The van der Waals surface area contributed by atoms with Crippen molar-refractivity contribution in [1.82, 2.24) is 0 Å². The Labute approximate surface area is 143 Å². The van der Waals surface area contributed by atoms with Crippen LogP contribution in [-0.4, -0.2) is 6.61 Å².